The Morgan fingerprint density at radius 3 is 2.44 bits per heavy atom. The number of nitrogen functional groups attached to an aromatic ring is 1. The molecule has 5 rings (SSSR count). The van der Waals surface area contributed by atoms with Gasteiger partial charge in [-0.05, 0) is 60.9 Å². The molecular formula is C22H21F3N4O2S. The quantitative estimate of drug-likeness (QED) is 0.592. The molecule has 1 aromatic heterocycles. The Morgan fingerprint density at radius 2 is 1.78 bits per heavy atom. The van der Waals surface area contributed by atoms with Crippen LogP contribution in [0, 0.1) is 0 Å². The van der Waals surface area contributed by atoms with Gasteiger partial charge >= 0.3 is 5.51 Å². The maximum atomic E-state index is 12.8. The predicted octanol–water partition coefficient (Wildman–Crippen LogP) is 3.92. The van der Waals surface area contributed by atoms with Gasteiger partial charge in [0.25, 0.3) is 9.84 Å². The molecule has 168 valence electrons. The summed E-state index contributed by atoms with van der Waals surface area (Å²) in [5, 5.41) is 0.936. The topological polar surface area (TPSA) is 79.5 Å². The largest absolute Gasteiger partial charge is 0.501 e. The van der Waals surface area contributed by atoms with E-state index in [2.05, 4.69) is 14.8 Å². The van der Waals surface area contributed by atoms with Crippen molar-refractivity contribution in [2.24, 2.45) is 0 Å². The van der Waals surface area contributed by atoms with Crippen molar-refractivity contribution >= 4 is 32.1 Å². The fraction of sp³-hybridized carbons (Fsp3) is 0.318. The molecule has 32 heavy (non-hydrogen) atoms. The Morgan fingerprint density at radius 1 is 1.06 bits per heavy atom. The normalized spacial score (nSPS) is 18.5. The van der Waals surface area contributed by atoms with Crippen LogP contribution < -0.4 is 10.6 Å². The lowest BCUT2D eigenvalue weighted by Crippen LogP contribution is -2.32. The van der Waals surface area contributed by atoms with Gasteiger partial charge in [0, 0.05) is 41.6 Å². The van der Waals surface area contributed by atoms with E-state index in [1.54, 1.807) is 6.20 Å². The smallest absolute Gasteiger partial charge is 0.398 e. The number of halogens is 3. The zero-order chi connectivity index (χ0) is 22.7. The van der Waals surface area contributed by atoms with Crippen molar-refractivity contribution in [3.63, 3.8) is 0 Å². The molecule has 6 nitrogen and oxygen atoms in total. The summed E-state index contributed by atoms with van der Waals surface area (Å²) in [6.45, 7) is 1.99. The standard InChI is InChI=1S/C22H21F3N4O2S/c23-22(24,25)32(30,31)17-6-4-16(5-7-17)28-13-21(9-10-21)29(14-28)12-15-8-11-27-19-3-1-2-18(26)20(15)19/h1-8,11H,9-10,12-14,26H2. The Bertz CT molecular complexity index is 1280. The van der Waals surface area contributed by atoms with Gasteiger partial charge in [0.2, 0.25) is 0 Å². The summed E-state index contributed by atoms with van der Waals surface area (Å²) < 4.78 is 61.7. The third-order valence-electron chi connectivity index (χ3n) is 6.39. The average Bonchev–Trinajstić information content (AvgIpc) is 3.44. The molecule has 0 radical (unpaired) electrons. The van der Waals surface area contributed by atoms with Gasteiger partial charge in [-0.2, -0.15) is 13.2 Å². The van der Waals surface area contributed by atoms with Crippen molar-refractivity contribution in [2.75, 3.05) is 23.8 Å². The van der Waals surface area contributed by atoms with E-state index in [0.717, 1.165) is 48.0 Å². The molecule has 1 spiro atoms. The third-order valence-corrected chi connectivity index (χ3v) is 7.89. The molecule has 2 aliphatic rings. The molecule has 3 aromatic rings. The number of benzene rings is 2. The number of fused-ring (bicyclic) bond motifs is 1. The first-order valence-electron chi connectivity index (χ1n) is 10.1. The van der Waals surface area contributed by atoms with Crippen LogP contribution in [0.5, 0.6) is 0 Å². The maximum absolute atomic E-state index is 12.8. The zero-order valence-corrected chi connectivity index (χ0v) is 17.8. The van der Waals surface area contributed by atoms with Crippen molar-refractivity contribution in [1.82, 2.24) is 9.88 Å². The lowest BCUT2D eigenvalue weighted by atomic mass is 10.1. The summed E-state index contributed by atoms with van der Waals surface area (Å²) in [6.07, 6.45) is 3.83. The molecule has 2 aromatic carbocycles. The Balaban J connectivity index is 1.39. The minimum atomic E-state index is -5.35. The first-order valence-corrected chi connectivity index (χ1v) is 11.6. The predicted molar refractivity (Wildman–Crippen MR) is 116 cm³/mol. The molecule has 1 saturated heterocycles. The van der Waals surface area contributed by atoms with Gasteiger partial charge in [-0.3, -0.25) is 9.88 Å². The molecule has 0 atom stereocenters. The molecule has 0 amide bonds. The van der Waals surface area contributed by atoms with Gasteiger partial charge in [0.05, 0.1) is 17.1 Å². The van der Waals surface area contributed by atoms with Crippen LogP contribution >= 0.6 is 0 Å². The molecule has 0 bridgehead atoms. The second-order valence-corrected chi connectivity index (χ2v) is 10.4. The van der Waals surface area contributed by atoms with Crippen LogP contribution in [0.2, 0.25) is 0 Å². The number of aromatic nitrogens is 1. The molecule has 1 saturated carbocycles. The number of rotatable bonds is 4. The van der Waals surface area contributed by atoms with E-state index in [0.29, 0.717) is 24.6 Å². The Kier molecular flexibility index (Phi) is 4.65. The van der Waals surface area contributed by atoms with E-state index in [9.17, 15) is 21.6 Å². The van der Waals surface area contributed by atoms with E-state index >= 15 is 0 Å². The summed E-state index contributed by atoms with van der Waals surface area (Å²) in [5.41, 5.74) is 4.19. The number of pyridine rings is 1. The Labute approximate surface area is 183 Å². The monoisotopic (exact) mass is 462 g/mol. The number of nitrogens with two attached hydrogens (primary N) is 1. The molecule has 1 aliphatic carbocycles. The summed E-state index contributed by atoms with van der Waals surface area (Å²) in [7, 11) is -5.35. The lowest BCUT2D eigenvalue weighted by Gasteiger charge is -2.23. The highest BCUT2D eigenvalue weighted by molar-refractivity contribution is 7.92. The van der Waals surface area contributed by atoms with Crippen molar-refractivity contribution in [1.29, 1.82) is 0 Å². The van der Waals surface area contributed by atoms with Gasteiger partial charge in [0.1, 0.15) is 0 Å². The SMILES string of the molecule is Nc1cccc2nccc(CN3CN(c4ccc(S(=O)(=O)C(F)(F)F)cc4)CC34CC4)c12. The highest BCUT2D eigenvalue weighted by Crippen LogP contribution is 2.48. The average molecular weight is 462 g/mol. The van der Waals surface area contributed by atoms with Crippen LogP contribution in [0.3, 0.4) is 0 Å². The molecule has 10 heteroatoms. The van der Waals surface area contributed by atoms with Crippen LogP contribution in [0.1, 0.15) is 18.4 Å². The fourth-order valence-electron chi connectivity index (χ4n) is 4.48. The van der Waals surface area contributed by atoms with Crippen LogP contribution in [0.4, 0.5) is 24.5 Å². The summed E-state index contributed by atoms with van der Waals surface area (Å²) in [6, 6.07) is 12.6. The summed E-state index contributed by atoms with van der Waals surface area (Å²) in [4.78, 5) is 8.08. The van der Waals surface area contributed by atoms with Gasteiger partial charge < -0.3 is 10.6 Å². The molecule has 2 N–H and O–H groups in total. The maximum Gasteiger partial charge on any atom is 0.501 e. The minimum absolute atomic E-state index is 0.00977. The second-order valence-electron chi connectivity index (χ2n) is 8.42. The van der Waals surface area contributed by atoms with Crippen LogP contribution in [-0.4, -0.2) is 42.6 Å². The van der Waals surface area contributed by atoms with Crippen LogP contribution in [0.25, 0.3) is 10.9 Å². The second kappa shape index (κ2) is 7.08. The van der Waals surface area contributed by atoms with E-state index in [1.165, 1.54) is 12.1 Å². The van der Waals surface area contributed by atoms with E-state index in [1.807, 2.05) is 24.3 Å². The molecule has 2 fully saturated rings. The van der Waals surface area contributed by atoms with Gasteiger partial charge in [-0.25, -0.2) is 8.42 Å². The van der Waals surface area contributed by atoms with Gasteiger partial charge in [-0.1, -0.05) is 6.07 Å². The van der Waals surface area contributed by atoms with Crippen molar-refractivity contribution in [2.45, 2.75) is 35.3 Å². The molecule has 0 unspecified atom stereocenters. The number of nitrogens with zero attached hydrogens (tertiary/aromatic N) is 3. The van der Waals surface area contributed by atoms with Crippen LogP contribution in [0.15, 0.2) is 59.6 Å². The Hall–Kier alpha value is -2.85. The van der Waals surface area contributed by atoms with E-state index < -0.39 is 20.2 Å². The lowest BCUT2D eigenvalue weighted by molar-refractivity contribution is -0.0436. The highest BCUT2D eigenvalue weighted by atomic mass is 32.2. The zero-order valence-electron chi connectivity index (χ0n) is 17.0. The molecular weight excluding hydrogens is 441 g/mol. The number of alkyl halides is 3. The number of sulfone groups is 1. The van der Waals surface area contributed by atoms with Crippen LogP contribution in [-0.2, 0) is 16.4 Å². The van der Waals surface area contributed by atoms with E-state index in [4.69, 9.17) is 5.73 Å². The van der Waals surface area contributed by atoms with Gasteiger partial charge in [0.15, 0.2) is 0 Å². The number of hydrogen-bond donors (Lipinski definition) is 1. The van der Waals surface area contributed by atoms with Gasteiger partial charge in [-0.15, -0.1) is 0 Å². The van der Waals surface area contributed by atoms with Crippen molar-refractivity contribution < 1.29 is 21.6 Å². The minimum Gasteiger partial charge on any atom is -0.398 e. The van der Waals surface area contributed by atoms with E-state index in [-0.39, 0.29) is 5.54 Å². The first kappa shape index (κ1) is 21.0. The number of hydrogen-bond acceptors (Lipinski definition) is 6. The van der Waals surface area contributed by atoms with Crippen molar-refractivity contribution in [3.05, 3.63) is 60.3 Å². The highest BCUT2D eigenvalue weighted by Gasteiger charge is 2.53. The summed E-state index contributed by atoms with van der Waals surface area (Å²) in [5.74, 6) is 0. The third kappa shape index (κ3) is 3.38. The summed E-state index contributed by atoms with van der Waals surface area (Å²) >= 11 is 0. The first-order chi connectivity index (χ1) is 15.1. The molecule has 2 heterocycles. The molecule has 1 aliphatic heterocycles. The van der Waals surface area contributed by atoms with Crippen molar-refractivity contribution in [3.8, 4) is 0 Å². The number of anilines is 2. The fourth-order valence-corrected chi connectivity index (χ4v) is 5.25.